The molecule has 5 nitrogen and oxygen atoms in total. The van der Waals surface area contributed by atoms with Crippen LogP contribution < -0.4 is 5.32 Å². The van der Waals surface area contributed by atoms with Crippen molar-refractivity contribution >= 4 is 27.5 Å². The van der Waals surface area contributed by atoms with Crippen LogP contribution in [0.1, 0.15) is 38.2 Å². The highest BCUT2D eigenvalue weighted by Gasteiger charge is 2.30. The smallest absolute Gasteiger partial charge is 0.223 e. The number of benzene rings is 1. The molecule has 1 fully saturated rings. The Morgan fingerprint density at radius 3 is 2.46 bits per heavy atom. The van der Waals surface area contributed by atoms with E-state index in [1.165, 1.54) is 4.31 Å². The van der Waals surface area contributed by atoms with Crippen molar-refractivity contribution in [3.8, 4) is 0 Å². The van der Waals surface area contributed by atoms with Crippen LogP contribution in [-0.4, -0.2) is 37.5 Å². The minimum absolute atomic E-state index is 0.00411. The summed E-state index contributed by atoms with van der Waals surface area (Å²) < 4.78 is 25.9. The maximum absolute atomic E-state index is 12.3. The molecule has 0 bridgehead atoms. The summed E-state index contributed by atoms with van der Waals surface area (Å²) in [5, 5.41) is 3.59. The third-order valence-electron chi connectivity index (χ3n) is 4.35. The van der Waals surface area contributed by atoms with Crippen LogP contribution in [0.3, 0.4) is 0 Å². The lowest BCUT2D eigenvalue weighted by molar-refractivity contribution is -0.126. The van der Waals surface area contributed by atoms with Gasteiger partial charge in [0.2, 0.25) is 15.9 Å². The fourth-order valence-electron chi connectivity index (χ4n) is 2.79. The van der Waals surface area contributed by atoms with Gasteiger partial charge >= 0.3 is 0 Å². The lowest BCUT2D eigenvalue weighted by atomic mass is 9.97. The van der Waals surface area contributed by atoms with E-state index in [1.807, 2.05) is 19.1 Å². The van der Waals surface area contributed by atoms with Gasteiger partial charge in [-0.25, -0.2) is 12.7 Å². The SMILES string of the molecule is CCCCS(=O)(=O)N1CCC(C(=O)NCc2ccc(Cl)cc2)CC1. The first-order valence-corrected chi connectivity index (χ1v) is 10.4. The lowest BCUT2D eigenvalue weighted by Crippen LogP contribution is -2.43. The minimum atomic E-state index is -3.16. The van der Waals surface area contributed by atoms with Crippen LogP contribution in [0.4, 0.5) is 0 Å². The summed E-state index contributed by atoms with van der Waals surface area (Å²) in [6.45, 7) is 3.31. The van der Waals surface area contributed by atoms with Crippen molar-refractivity contribution in [2.24, 2.45) is 5.92 Å². The van der Waals surface area contributed by atoms with Gasteiger partial charge in [-0.2, -0.15) is 0 Å². The Morgan fingerprint density at radius 1 is 1.25 bits per heavy atom. The summed E-state index contributed by atoms with van der Waals surface area (Å²) in [5.41, 5.74) is 0.993. The monoisotopic (exact) mass is 372 g/mol. The number of piperidine rings is 1. The fraction of sp³-hybridized carbons (Fsp3) is 0.588. The zero-order valence-electron chi connectivity index (χ0n) is 14.0. The van der Waals surface area contributed by atoms with Gasteiger partial charge < -0.3 is 5.32 Å². The summed E-state index contributed by atoms with van der Waals surface area (Å²) >= 11 is 5.84. The molecule has 0 atom stereocenters. The first kappa shape index (κ1) is 19.2. The molecule has 7 heteroatoms. The molecule has 134 valence electrons. The maximum Gasteiger partial charge on any atom is 0.223 e. The molecule has 0 spiro atoms. The van der Waals surface area contributed by atoms with E-state index in [1.54, 1.807) is 12.1 Å². The van der Waals surface area contributed by atoms with Gasteiger partial charge in [-0.15, -0.1) is 0 Å². The van der Waals surface area contributed by atoms with Gasteiger partial charge in [0.05, 0.1) is 5.75 Å². The second-order valence-corrected chi connectivity index (χ2v) is 8.71. The number of rotatable bonds is 7. The third-order valence-corrected chi connectivity index (χ3v) is 6.56. The van der Waals surface area contributed by atoms with Crippen LogP contribution in [-0.2, 0) is 21.4 Å². The van der Waals surface area contributed by atoms with Gasteiger partial charge in [0.15, 0.2) is 0 Å². The molecule has 1 aromatic carbocycles. The van der Waals surface area contributed by atoms with Crippen LogP contribution in [0.5, 0.6) is 0 Å². The van der Waals surface area contributed by atoms with E-state index >= 15 is 0 Å². The molecule has 1 amide bonds. The standard InChI is InChI=1S/C17H25ClN2O3S/c1-2-3-12-24(22,23)20-10-8-15(9-11-20)17(21)19-13-14-4-6-16(18)7-5-14/h4-7,15H,2-3,8-13H2,1H3,(H,19,21). The van der Waals surface area contributed by atoms with Crippen molar-refractivity contribution in [1.82, 2.24) is 9.62 Å². The molecular formula is C17H25ClN2O3S. The molecule has 2 rings (SSSR count). The van der Waals surface area contributed by atoms with E-state index in [0.717, 1.165) is 12.0 Å². The first-order chi connectivity index (χ1) is 11.4. The average Bonchev–Trinajstić information content (AvgIpc) is 2.59. The highest BCUT2D eigenvalue weighted by atomic mass is 35.5. The Labute approximate surface area is 149 Å². The van der Waals surface area contributed by atoms with E-state index in [4.69, 9.17) is 11.6 Å². The number of carbonyl (C=O) groups is 1. The molecule has 1 aliphatic rings. The number of unbranched alkanes of at least 4 members (excludes halogenated alkanes) is 1. The van der Waals surface area contributed by atoms with Gasteiger partial charge in [-0.05, 0) is 37.0 Å². The summed E-state index contributed by atoms with van der Waals surface area (Å²) in [7, 11) is -3.16. The van der Waals surface area contributed by atoms with Crippen LogP contribution in [0.15, 0.2) is 24.3 Å². The molecule has 0 saturated carbocycles. The number of amides is 1. The van der Waals surface area contributed by atoms with Gasteiger partial charge in [-0.1, -0.05) is 37.1 Å². The van der Waals surface area contributed by atoms with Crippen molar-refractivity contribution in [2.45, 2.75) is 39.2 Å². The van der Waals surface area contributed by atoms with Crippen molar-refractivity contribution in [3.05, 3.63) is 34.9 Å². The number of hydrogen-bond donors (Lipinski definition) is 1. The Morgan fingerprint density at radius 2 is 1.88 bits per heavy atom. The number of hydrogen-bond acceptors (Lipinski definition) is 3. The number of nitrogens with zero attached hydrogens (tertiary/aromatic N) is 1. The number of sulfonamides is 1. The zero-order chi connectivity index (χ0) is 17.6. The normalized spacial score (nSPS) is 16.9. The highest BCUT2D eigenvalue weighted by Crippen LogP contribution is 2.21. The maximum atomic E-state index is 12.3. The molecule has 0 aromatic heterocycles. The third kappa shape index (κ3) is 5.46. The molecule has 1 aliphatic heterocycles. The molecule has 0 unspecified atom stereocenters. The van der Waals surface area contributed by atoms with E-state index < -0.39 is 10.0 Å². The van der Waals surface area contributed by atoms with Gasteiger partial charge in [0.25, 0.3) is 0 Å². The second-order valence-electron chi connectivity index (χ2n) is 6.19. The summed E-state index contributed by atoms with van der Waals surface area (Å²) in [4.78, 5) is 12.3. The number of nitrogens with one attached hydrogen (secondary N) is 1. The summed E-state index contributed by atoms with van der Waals surface area (Å²) in [6.07, 6.45) is 2.71. The fourth-order valence-corrected chi connectivity index (χ4v) is 4.59. The van der Waals surface area contributed by atoms with Crippen LogP contribution in [0.25, 0.3) is 0 Å². The highest BCUT2D eigenvalue weighted by molar-refractivity contribution is 7.89. The van der Waals surface area contributed by atoms with E-state index in [9.17, 15) is 13.2 Å². The average molecular weight is 373 g/mol. The second kappa shape index (κ2) is 8.83. The molecule has 1 N–H and O–H groups in total. The number of carbonyl (C=O) groups excluding carboxylic acids is 1. The predicted molar refractivity (Wildman–Crippen MR) is 96.3 cm³/mol. The molecule has 1 aromatic rings. The molecule has 0 aliphatic carbocycles. The van der Waals surface area contributed by atoms with Gasteiger partial charge in [0, 0.05) is 30.6 Å². The Hall–Kier alpha value is -1.11. The summed E-state index contributed by atoms with van der Waals surface area (Å²) in [5.74, 6) is 0.0854. The molecule has 1 heterocycles. The quantitative estimate of drug-likeness (QED) is 0.800. The van der Waals surface area contributed by atoms with Crippen molar-refractivity contribution in [2.75, 3.05) is 18.8 Å². The van der Waals surface area contributed by atoms with E-state index in [0.29, 0.717) is 43.9 Å². The van der Waals surface area contributed by atoms with Crippen molar-refractivity contribution in [3.63, 3.8) is 0 Å². The van der Waals surface area contributed by atoms with Gasteiger partial charge in [-0.3, -0.25) is 4.79 Å². The van der Waals surface area contributed by atoms with Crippen molar-refractivity contribution < 1.29 is 13.2 Å². The molecule has 1 saturated heterocycles. The minimum Gasteiger partial charge on any atom is -0.352 e. The first-order valence-electron chi connectivity index (χ1n) is 8.42. The van der Waals surface area contributed by atoms with Crippen LogP contribution in [0.2, 0.25) is 5.02 Å². The Balaban J connectivity index is 1.79. The Kier molecular flexibility index (Phi) is 7.07. The van der Waals surface area contributed by atoms with Crippen LogP contribution in [0, 0.1) is 5.92 Å². The van der Waals surface area contributed by atoms with Gasteiger partial charge in [0.1, 0.15) is 0 Å². The zero-order valence-corrected chi connectivity index (χ0v) is 15.6. The van der Waals surface area contributed by atoms with Crippen LogP contribution >= 0.6 is 11.6 Å². The van der Waals surface area contributed by atoms with E-state index in [-0.39, 0.29) is 17.6 Å². The molecular weight excluding hydrogens is 348 g/mol. The Bertz CT molecular complexity index is 638. The lowest BCUT2D eigenvalue weighted by Gasteiger charge is -2.30. The number of halogens is 1. The largest absolute Gasteiger partial charge is 0.352 e. The predicted octanol–water partition coefficient (Wildman–Crippen LogP) is 2.80. The van der Waals surface area contributed by atoms with E-state index in [2.05, 4.69) is 5.32 Å². The molecule has 0 radical (unpaired) electrons. The van der Waals surface area contributed by atoms with Crippen molar-refractivity contribution in [1.29, 1.82) is 0 Å². The topological polar surface area (TPSA) is 66.5 Å². The summed E-state index contributed by atoms with van der Waals surface area (Å²) in [6, 6.07) is 7.35. The molecule has 24 heavy (non-hydrogen) atoms.